The largest absolute Gasteiger partial charge is 0.480 e. The van der Waals surface area contributed by atoms with Gasteiger partial charge < -0.3 is 15.2 Å². The molecule has 0 aliphatic heterocycles. The lowest BCUT2D eigenvalue weighted by Gasteiger charge is -2.13. The zero-order valence-corrected chi connectivity index (χ0v) is 12.7. The molecule has 0 unspecified atom stereocenters. The number of rotatable bonds is 5. The molecule has 19 heavy (non-hydrogen) atoms. The molecule has 0 aliphatic rings. The van der Waals surface area contributed by atoms with E-state index in [0.29, 0.717) is 10.8 Å². The Morgan fingerprint density at radius 1 is 1.47 bits per heavy atom. The van der Waals surface area contributed by atoms with E-state index >= 15 is 0 Å². The molecule has 1 aromatic carbocycles. The molecule has 1 rings (SSSR count). The van der Waals surface area contributed by atoms with E-state index in [-0.39, 0.29) is 6.61 Å². The summed E-state index contributed by atoms with van der Waals surface area (Å²) in [5.74, 6) is -1.01. The van der Waals surface area contributed by atoms with Gasteiger partial charge in [0.05, 0.1) is 5.02 Å². The molecule has 0 aromatic heterocycles. The van der Waals surface area contributed by atoms with Gasteiger partial charge in [-0.2, -0.15) is 0 Å². The summed E-state index contributed by atoms with van der Waals surface area (Å²) < 4.78 is 10.8. The lowest BCUT2D eigenvalue weighted by Crippen LogP contribution is -2.32. The molecule has 1 amide bonds. The quantitative estimate of drug-likeness (QED) is 0.826. The highest BCUT2D eigenvalue weighted by atomic mass is 79.9. The SMILES string of the molecule is Cc1cc(Br)cc(Cl)c1OCC(=O)O[C@@H](C)C(N)=O. The van der Waals surface area contributed by atoms with E-state index in [4.69, 9.17) is 26.8 Å². The summed E-state index contributed by atoms with van der Waals surface area (Å²) in [5, 5.41) is 0.377. The summed E-state index contributed by atoms with van der Waals surface area (Å²) >= 11 is 9.29. The number of ether oxygens (including phenoxy) is 2. The minimum atomic E-state index is -0.988. The summed E-state index contributed by atoms with van der Waals surface area (Å²) in [6, 6.07) is 3.46. The normalized spacial score (nSPS) is 11.8. The molecule has 1 atom stereocenters. The Balaban J connectivity index is 2.63. The summed E-state index contributed by atoms with van der Waals surface area (Å²) in [4.78, 5) is 22.1. The second-order valence-corrected chi connectivity index (χ2v) is 5.18. The highest BCUT2D eigenvalue weighted by molar-refractivity contribution is 9.10. The van der Waals surface area contributed by atoms with Gasteiger partial charge in [0.1, 0.15) is 5.75 Å². The fourth-order valence-electron chi connectivity index (χ4n) is 1.29. The summed E-state index contributed by atoms with van der Waals surface area (Å²) in [6.45, 7) is 2.83. The summed E-state index contributed by atoms with van der Waals surface area (Å²) in [5.41, 5.74) is 5.75. The first-order valence-electron chi connectivity index (χ1n) is 5.38. The summed E-state index contributed by atoms with van der Waals surface area (Å²) in [6.07, 6.45) is -0.988. The third kappa shape index (κ3) is 4.72. The third-order valence-corrected chi connectivity index (χ3v) is 2.98. The van der Waals surface area contributed by atoms with E-state index in [9.17, 15) is 9.59 Å². The zero-order chi connectivity index (χ0) is 14.6. The predicted molar refractivity (Wildman–Crippen MR) is 74.1 cm³/mol. The van der Waals surface area contributed by atoms with Crippen LogP contribution in [-0.4, -0.2) is 24.6 Å². The highest BCUT2D eigenvalue weighted by Gasteiger charge is 2.16. The number of benzene rings is 1. The second kappa shape index (κ2) is 6.77. The first-order chi connectivity index (χ1) is 8.81. The Morgan fingerprint density at radius 3 is 2.63 bits per heavy atom. The monoisotopic (exact) mass is 349 g/mol. The van der Waals surface area contributed by atoms with Gasteiger partial charge in [0.25, 0.3) is 5.91 Å². The van der Waals surface area contributed by atoms with Crippen LogP contribution >= 0.6 is 27.5 Å². The molecule has 0 aliphatic carbocycles. The van der Waals surface area contributed by atoms with Gasteiger partial charge in [-0.1, -0.05) is 27.5 Å². The van der Waals surface area contributed by atoms with Crippen molar-refractivity contribution in [3.05, 3.63) is 27.2 Å². The minimum Gasteiger partial charge on any atom is -0.480 e. The fraction of sp³-hybridized carbons (Fsp3) is 0.333. The van der Waals surface area contributed by atoms with Gasteiger partial charge in [-0.15, -0.1) is 0 Å². The van der Waals surface area contributed by atoms with Crippen LogP contribution < -0.4 is 10.5 Å². The second-order valence-electron chi connectivity index (χ2n) is 3.86. The van der Waals surface area contributed by atoms with Crippen molar-refractivity contribution in [1.29, 1.82) is 0 Å². The van der Waals surface area contributed by atoms with Crippen molar-refractivity contribution in [2.75, 3.05) is 6.61 Å². The van der Waals surface area contributed by atoms with Gasteiger partial charge in [0.2, 0.25) is 0 Å². The standard InChI is InChI=1S/C12H13BrClNO4/c1-6-3-8(13)4-9(14)11(6)18-5-10(16)19-7(2)12(15)17/h3-4,7H,5H2,1-2H3,(H2,15,17)/t7-/m0/s1. The number of esters is 1. The van der Waals surface area contributed by atoms with Crippen LogP contribution in [-0.2, 0) is 14.3 Å². The number of nitrogens with two attached hydrogens (primary N) is 1. The molecule has 0 saturated carbocycles. The van der Waals surface area contributed by atoms with E-state index < -0.39 is 18.0 Å². The Hall–Kier alpha value is -1.27. The zero-order valence-electron chi connectivity index (χ0n) is 10.4. The number of carbonyl (C=O) groups is 2. The molecule has 104 valence electrons. The van der Waals surface area contributed by atoms with Crippen molar-refractivity contribution in [3.8, 4) is 5.75 Å². The van der Waals surface area contributed by atoms with E-state index in [0.717, 1.165) is 10.0 Å². The molecule has 0 heterocycles. The van der Waals surface area contributed by atoms with Crippen LogP contribution in [0.15, 0.2) is 16.6 Å². The van der Waals surface area contributed by atoms with Gasteiger partial charge in [-0.3, -0.25) is 4.79 Å². The number of primary amides is 1. The molecule has 5 nitrogen and oxygen atoms in total. The van der Waals surface area contributed by atoms with Crippen molar-refractivity contribution >= 4 is 39.4 Å². The number of aryl methyl sites for hydroxylation is 1. The van der Waals surface area contributed by atoms with Crippen LogP contribution in [0.25, 0.3) is 0 Å². The Labute approximate surface area is 124 Å². The minimum absolute atomic E-state index is 0.347. The maximum absolute atomic E-state index is 11.4. The van der Waals surface area contributed by atoms with E-state index in [1.807, 2.05) is 0 Å². The Morgan fingerprint density at radius 2 is 2.11 bits per heavy atom. The van der Waals surface area contributed by atoms with Crippen LogP contribution in [0.1, 0.15) is 12.5 Å². The van der Waals surface area contributed by atoms with E-state index in [1.165, 1.54) is 6.92 Å². The van der Waals surface area contributed by atoms with E-state index in [2.05, 4.69) is 15.9 Å². The Bertz CT molecular complexity index is 483. The highest BCUT2D eigenvalue weighted by Crippen LogP contribution is 2.31. The van der Waals surface area contributed by atoms with Crippen LogP contribution in [0.4, 0.5) is 0 Å². The van der Waals surface area contributed by atoms with Gasteiger partial charge in [-0.05, 0) is 31.5 Å². The number of carbonyl (C=O) groups excluding carboxylic acids is 2. The lowest BCUT2D eigenvalue weighted by molar-refractivity contribution is -0.155. The van der Waals surface area contributed by atoms with Crippen molar-refractivity contribution in [1.82, 2.24) is 0 Å². The smallest absolute Gasteiger partial charge is 0.344 e. The molecule has 0 radical (unpaired) electrons. The molecular weight excluding hydrogens is 337 g/mol. The Kier molecular flexibility index (Phi) is 5.62. The van der Waals surface area contributed by atoms with Gasteiger partial charge in [0, 0.05) is 4.47 Å². The van der Waals surface area contributed by atoms with Crippen molar-refractivity contribution in [2.45, 2.75) is 20.0 Å². The number of halogens is 2. The number of amides is 1. The molecule has 0 saturated heterocycles. The first kappa shape index (κ1) is 15.8. The molecule has 7 heteroatoms. The lowest BCUT2D eigenvalue weighted by atomic mass is 10.2. The number of hydrogen-bond donors (Lipinski definition) is 1. The van der Waals surface area contributed by atoms with Crippen molar-refractivity contribution in [2.24, 2.45) is 5.73 Å². The maximum Gasteiger partial charge on any atom is 0.344 e. The van der Waals surface area contributed by atoms with Gasteiger partial charge in [0.15, 0.2) is 12.7 Å². The molecule has 2 N–H and O–H groups in total. The maximum atomic E-state index is 11.4. The van der Waals surface area contributed by atoms with Crippen LogP contribution in [0, 0.1) is 6.92 Å². The molecule has 0 bridgehead atoms. The van der Waals surface area contributed by atoms with Crippen molar-refractivity contribution in [3.63, 3.8) is 0 Å². The molecule has 0 fully saturated rings. The predicted octanol–water partition coefficient (Wildman–Crippen LogP) is 2.21. The third-order valence-electron chi connectivity index (χ3n) is 2.24. The van der Waals surface area contributed by atoms with Crippen molar-refractivity contribution < 1.29 is 19.1 Å². The van der Waals surface area contributed by atoms with Crippen LogP contribution in [0.5, 0.6) is 5.75 Å². The van der Waals surface area contributed by atoms with Gasteiger partial charge in [-0.25, -0.2) is 4.79 Å². The van der Waals surface area contributed by atoms with E-state index in [1.54, 1.807) is 19.1 Å². The average molecular weight is 351 g/mol. The number of hydrogen-bond acceptors (Lipinski definition) is 4. The molecule has 0 spiro atoms. The fourth-order valence-corrected chi connectivity index (χ4v) is 2.32. The van der Waals surface area contributed by atoms with Gasteiger partial charge >= 0.3 is 5.97 Å². The van der Waals surface area contributed by atoms with Crippen LogP contribution in [0.2, 0.25) is 5.02 Å². The average Bonchev–Trinajstić information content (AvgIpc) is 2.27. The van der Waals surface area contributed by atoms with Crippen LogP contribution in [0.3, 0.4) is 0 Å². The first-order valence-corrected chi connectivity index (χ1v) is 6.55. The molecular formula is C12H13BrClNO4. The summed E-state index contributed by atoms with van der Waals surface area (Å²) in [7, 11) is 0. The topological polar surface area (TPSA) is 78.6 Å². The molecule has 1 aromatic rings.